The summed E-state index contributed by atoms with van der Waals surface area (Å²) >= 11 is 1.62. The van der Waals surface area contributed by atoms with Gasteiger partial charge in [0, 0.05) is 31.1 Å². The van der Waals surface area contributed by atoms with Crippen molar-refractivity contribution in [2.24, 2.45) is 11.8 Å². The largest absolute Gasteiger partial charge is 0.508 e. The fraction of sp³-hybridized carbons (Fsp3) is 0.545. The number of phenolic OH excluding ortho intramolecular Hbond substituents is 1. The molecular weight excluding hydrogens is 392 g/mol. The first-order valence-electron chi connectivity index (χ1n) is 9.93. The van der Waals surface area contributed by atoms with Crippen LogP contribution in [0, 0.1) is 18.8 Å². The van der Waals surface area contributed by atoms with E-state index >= 15 is 0 Å². The zero-order valence-electron chi connectivity index (χ0n) is 16.7. The second kappa shape index (κ2) is 11.4. The van der Waals surface area contributed by atoms with Crippen molar-refractivity contribution in [3.63, 3.8) is 0 Å². The van der Waals surface area contributed by atoms with E-state index in [1.807, 2.05) is 6.07 Å². The normalized spacial score (nSPS) is 23.0. The highest BCUT2D eigenvalue weighted by molar-refractivity contribution is 7.99. The molecule has 0 unspecified atom stereocenters. The lowest BCUT2D eigenvalue weighted by Gasteiger charge is -2.18. The van der Waals surface area contributed by atoms with Crippen LogP contribution in [-0.4, -0.2) is 55.9 Å². The van der Waals surface area contributed by atoms with Gasteiger partial charge in [0.05, 0.1) is 12.2 Å². The molecule has 1 fully saturated rings. The number of aliphatic hydroxyl groups is 2. The summed E-state index contributed by atoms with van der Waals surface area (Å²) < 4.78 is 0. The molecule has 160 valence electrons. The molecule has 0 amide bonds. The smallest absolute Gasteiger partial charge is 0.303 e. The van der Waals surface area contributed by atoms with Gasteiger partial charge in [-0.1, -0.05) is 24.3 Å². The van der Waals surface area contributed by atoms with E-state index in [1.165, 1.54) is 0 Å². The maximum atomic E-state index is 12.2. The van der Waals surface area contributed by atoms with Gasteiger partial charge in [0.2, 0.25) is 0 Å². The van der Waals surface area contributed by atoms with E-state index in [0.717, 1.165) is 22.6 Å². The van der Waals surface area contributed by atoms with E-state index in [2.05, 4.69) is 0 Å². The number of aryl methyl sites for hydroxylation is 1. The Bertz CT molecular complexity index is 732. The van der Waals surface area contributed by atoms with E-state index in [4.69, 9.17) is 5.11 Å². The van der Waals surface area contributed by atoms with Gasteiger partial charge in [0.15, 0.2) is 0 Å². The van der Waals surface area contributed by atoms with Crippen molar-refractivity contribution in [1.82, 2.24) is 0 Å². The number of carboxylic acids is 1. The summed E-state index contributed by atoms with van der Waals surface area (Å²) in [5.74, 6) is 0.362. The van der Waals surface area contributed by atoms with Crippen molar-refractivity contribution < 1.29 is 30.0 Å². The molecule has 6 nitrogen and oxygen atoms in total. The predicted octanol–water partition coefficient (Wildman–Crippen LogP) is 2.71. The number of rotatable bonds is 11. The van der Waals surface area contributed by atoms with Crippen molar-refractivity contribution in [2.75, 3.05) is 11.5 Å². The fourth-order valence-corrected chi connectivity index (χ4v) is 4.61. The highest BCUT2D eigenvalue weighted by atomic mass is 32.2. The van der Waals surface area contributed by atoms with Crippen molar-refractivity contribution in [3.8, 4) is 5.75 Å². The van der Waals surface area contributed by atoms with Crippen LogP contribution in [0.4, 0.5) is 0 Å². The number of carbonyl (C=O) groups is 2. The molecule has 1 saturated carbocycles. The van der Waals surface area contributed by atoms with Crippen molar-refractivity contribution in [3.05, 3.63) is 41.5 Å². The summed E-state index contributed by atoms with van der Waals surface area (Å²) in [6, 6.07) is 5.19. The van der Waals surface area contributed by atoms with Crippen LogP contribution in [-0.2, 0) is 16.0 Å². The third-order valence-electron chi connectivity index (χ3n) is 5.25. The first-order valence-corrected chi connectivity index (χ1v) is 11.1. The Kier molecular flexibility index (Phi) is 9.20. The predicted molar refractivity (Wildman–Crippen MR) is 113 cm³/mol. The summed E-state index contributed by atoms with van der Waals surface area (Å²) in [6.45, 7) is 1.80. The van der Waals surface area contributed by atoms with Crippen molar-refractivity contribution in [1.29, 1.82) is 0 Å². The Morgan fingerprint density at radius 3 is 2.79 bits per heavy atom. The molecule has 2 rings (SSSR count). The van der Waals surface area contributed by atoms with Crippen LogP contribution in [0.25, 0.3) is 0 Å². The summed E-state index contributed by atoms with van der Waals surface area (Å²) in [5, 5.41) is 38.8. The highest BCUT2D eigenvalue weighted by Crippen LogP contribution is 2.34. The summed E-state index contributed by atoms with van der Waals surface area (Å²) in [4.78, 5) is 22.8. The van der Waals surface area contributed by atoms with Crippen LogP contribution in [0.3, 0.4) is 0 Å². The SMILES string of the molecule is Cc1cc(C[C@H](O)C=C[C@H]2[C@H](O)CC(=O)[C@@H]2CCSCCCC(=O)O)ccc1O. The van der Waals surface area contributed by atoms with E-state index in [1.54, 1.807) is 43.0 Å². The summed E-state index contributed by atoms with van der Waals surface area (Å²) in [6.07, 6.45) is 3.84. The van der Waals surface area contributed by atoms with Crippen LogP contribution < -0.4 is 0 Å². The first kappa shape index (κ1) is 23.4. The third kappa shape index (κ3) is 7.49. The highest BCUT2D eigenvalue weighted by Gasteiger charge is 2.39. The Morgan fingerprint density at radius 1 is 1.34 bits per heavy atom. The number of aliphatic hydroxyl groups excluding tert-OH is 2. The Labute approximate surface area is 175 Å². The average Bonchev–Trinajstić information content (AvgIpc) is 2.92. The molecule has 1 aliphatic carbocycles. The van der Waals surface area contributed by atoms with Gasteiger partial charge in [-0.25, -0.2) is 0 Å². The molecule has 0 aromatic heterocycles. The number of aromatic hydroxyl groups is 1. The van der Waals surface area contributed by atoms with Gasteiger partial charge in [-0.3, -0.25) is 9.59 Å². The zero-order chi connectivity index (χ0) is 21.4. The molecule has 0 radical (unpaired) electrons. The number of thioether (sulfide) groups is 1. The molecule has 1 aromatic rings. The second-order valence-corrected chi connectivity index (χ2v) is 8.82. The lowest BCUT2D eigenvalue weighted by molar-refractivity contribution is -0.137. The molecule has 1 aromatic carbocycles. The number of ketones is 1. The zero-order valence-corrected chi connectivity index (χ0v) is 17.5. The number of benzene rings is 1. The van der Waals surface area contributed by atoms with E-state index < -0.39 is 18.2 Å². The van der Waals surface area contributed by atoms with Crippen LogP contribution in [0.15, 0.2) is 30.4 Å². The topological polar surface area (TPSA) is 115 Å². The number of hydrogen-bond donors (Lipinski definition) is 4. The molecular formula is C22H30O6S. The minimum atomic E-state index is -0.800. The van der Waals surface area contributed by atoms with Gasteiger partial charge in [-0.05, 0) is 48.5 Å². The lowest BCUT2D eigenvalue weighted by atomic mass is 9.91. The quantitative estimate of drug-likeness (QED) is 0.320. The molecule has 0 aliphatic heterocycles. The number of Topliss-reactive ketones (excluding diaryl/α,β-unsaturated/α-hetero) is 1. The molecule has 29 heavy (non-hydrogen) atoms. The Balaban J connectivity index is 1.85. The third-order valence-corrected chi connectivity index (χ3v) is 6.35. The molecule has 0 heterocycles. The standard InChI is InChI=1S/C22H30O6S/c1-14-11-15(4-7-19(14)24)12-16(23)5-6-17-18(21(26)13-20(17)25)8-10-29-9-2-3-22(27)28/h4-7,11,16-18,20,23-25H,2-3,8-10,12-13H2,1H3,(H,27,28)/t16-,17-,18-,20-/m1/s1. The van der Waals surface area contributed by atoms with E-state index in [9.17, 15) is 24.9 Å². The molecule has 0 saturated heterocycles. The maximum Gasteiger partial charge on any atom is 0.303 e. The van der Waals surface area contributed by atoms with Gasteiger partial charge < -0.3 is 20.4 Å². The van der Waals surface area contributed by atoms with Gasteiger partial charge in [0.25, 0.3) is 0 Å². The average molecular weight is 423 g/mol. The number of aliphatic carboxylic acids is 1. The Morgan fingerprint density at radius 2 is 2.10 bits per heavy atom. The van der Waals surface area contributed by atoms with E-state index in [-0.39, 0.29) is 36.2 Å². The van der Waals surface area contributed by atoms with Crippen LogP contribution in [0.2, 0.25) is 0 Å². The van der Waals surface area contributed by atoms with Gasteiger partial charge in [-0.15, -0.1) is 0 Å². The second-order valence-electron chi connectivity index (χ2n) is 7.60. The van der Waals surface area contributed by atoms with Gasteiger partial charge >= 0.3 is 5.97 Å². The van der Waals surface area contributed by atoms with Crippen molar-refractivity contribution >= 4 is 23.5 Å². The minimum Gasteiger partial charge on any atom is -0.508 e. The lowest BCUT2D eigenvalue weighted by Crippen LogP contribution is -2.20. The fourth-order valence-electron chi connectivity index (χ4n) is 3.64. The van der Waals surface area contributed by atoms with E-state index in [0.29, 0.717) is 19.3 Å². The summed E-state index contributed by atoms with van der Waals surface area (Å²) in [7, 11) is 0. The van der Waals surface area contributed by atoms with Gasteiger partial charge in [-0.2, -0.15) is 11.8 Å². The number of hydrogen-bond acceptors (Lipinski definition) is 6. The minimum absolute atomic E-state index is 0.0435. The molecule has 4 atom stereocenters. The number of carboxylic acid groups (broad SMARTS) is 1. The molecule has 7 heteroatoms. The molecule has 0 spiro atoms. The maximum absolute atomic E-state index is 12.2. The molecule has 0 bridgehead atoms. The number of phenols is 1. The van der Waals surface area contributed by atoms with Gasteiger partial charge in [0.1, 0.15) is 11.5 Å². The summed E-state index contributed by atoms with van der Waals surface area (Å²) in [5.41, 5.74) is 1.64. The van der Waals surface area contributed by atoms with Crippen molar-refractivity contribution in [2.45, 2.75) is 51.2 Å². The van der Waals surface area contributed by atoms with Crippen LogP contribution >= 0.6 is 11.8 Å². The first-order chi connectivity index (χ1) is 13.8. The molecule has 4 N–H and O–H groups in total. The number of carbonyl (C=O) groups excluding carboxylic acids is 1. The van der Waals surface area contributed by atoms with Crippen LogP contribution in [0.5, 0.6) is 5.75 Å². The molecule has 1 aliphatic rings. The van der Waals surface area contributed by atoms with Crippen LogP contribution in [0.1, 0.15) is 36.8 Å². The Hall–Kier alpha value is -1.83. The monoisotopic (exact) mass is 422 g/mol.